The van der Waals surface area contributed by atoms with Gasteiger partial charge in [0.1, 0.15) is 0 Å². The quantitative estimate of drug-likeness (QED) is 0.579. The summed E-state index contributed by atoms with van der Waals surface area (Å²) >= 11 is 1.46. The van der Waals surface area contributed by atoms with E-state index >= 15 is 0 Å². The SMILES string of the molecule is CCn1ccnc1SC(C)C(=O)c1ccc(OC)c(OC)c1. The molecule has 1 atom stereocenters. The maximum absolute atomic E-state index is 12.6. The Labute approximate surface area is 134 Å². The van der Waals surface area contributed by atoms with Gasteiger partial charge in [-0.1, -0.05) is 11.8 Å². The van der Waals surface area contributed by atoms with Gasteiger partial charge in [0.05, 0.1) is 19.5 Å². The molecule has 1 aromatic carbocycles. The van der Waals surface area contributed by atoms with Crippen LogP contribution in [0.2, 0.25) is 0 Å². The number of aromatic nitrogens is 2. The predicted molar refractivity (Wildman–Crippen MR) is 87.1 cm³/mol. The summed E-state index contributed by atoms with van der Waals surface area (Å²) in [6.45, 7) is 4.77. The van der Waals surface area contributed by atoms with Crippen LogP contribution >= 0.6 is 11.8 Å². The van der Waals surface area contributed by atoms with E-state index in [-0.39, 0.29) is 11.0 Å². The van der Waals surface area contributed by atoms with Gasteiger partial charge in [-0.25, -0.2) is 4.98 Å². The zero-order valence-corrected chi connectivity index (χ0v) is 14.0. The monoisotopic (exact) mass is 320 g/mol. The van der Waals surface area contributed by atoms with Gasteiger partial charge in [-0.2, -0.15) is 0 Å². The normalized spacial score (nSPS) is 12.0. The average Bonchev–Trinajstić information content (AvgIpc) is 3.00. The molecule has 6 heteroatoms. The molecule has 2 rings (SSSR count). The Balaban J connectivity index is 2.17. The molecule has 5 nitrogen and oxygen atoms in total. The molecule has 0 aliphatic carbocycles. The molecule has 0 radical (unpaired) electrons. The fourth-order valence-corrected chi connectivity index (χ4v) is 3.10. The van der Waals surface area contributed by atoms with Crippen LogP contribution < -0.4 is 9.47 Å². The highest BCUT2D eigenvalue weighted by atomic mass is 32.2. The lowest BCUT2D eigenvalue weighted by atomic mass is 10.1. The lowest BCUT2D eigenvalue weighted by molar-refractivity contribution is 0.0993. The summed E-state index contributed by atoms with van der Waals surface area (Å²) in [5.41, 5.74) is 0.604. The van der Waals surface area contributed by atoms with Gasteiger partial charge in [-0.3, -0.25) is 4.79 Å². The number of hydrogen-bond donors (Lipinski definition) is 0. The molecule has 0 saturated carbocycles. The number of benzene rings is 1. The van der Waals surface area contributed by atoms with Crippen LogP contribution in [0.25, 0.3) is 0 Å². The zero-order valence-electron chi connectivity index (χ0n) is 13.2. The van der Waals surface area contributed by atoms with E-state index in [4.69, 9.17) is 9.47 Å². The molecule has 1 heterocycles. The Morgan fingerprint density at radius 2 is 2.05 bits per heavy atom. The smallest absolute Gasteiger partial charge is 0.176 e. The van der Waals surface area contributed by atoms with Gasteiger partial charge in [-0.15, -0.1) is 0 Å². The summed E-state index contributed by atoms with van der Waals surface area (Å²) in [7, 11) is 3.13. The summed E-state index contributed by atoms with van der Waals surface area (Å²) in [6.07, 6.45) is 3.66. The van der Waals surface area contributed by atoms with E-state index in [0.717, 1.165) is 11.7 Å². The highest BCUT2D eigenvalue weighted by Gasteiger charge is 2.20. The van der Waals surface area contributed by atoms with E-state index in [1.54, 1.807) is 38.6 Å². The van der Waals surface area contributed by atoms with Gasteiger partial charge in [0.25, 0.3) is 0 Å². The van der Waals surface area contributed by atoms with E-state index in [9.17, 15) is 4.79 Å². The summed E-state index contributed by atoms with van der Waals surface area (Å²) in [4.78, 5) is 16.9. The van der Waals surface area contributed by atoms with Gasteiger partial charge in [-0.05, 0) is 32.0 Å². The number of rotatable bonds is 7. The van der Waals surface area contributed by atoms with Crippen molar-refractivity contribution in [2.75, 3.05) is 14.2 Å². The van der Waals surface area contributed by atoms with Gasteiger partial charge >= 0.3 is 0 Å². The van der Waals surface area contributed by atoms with Crippen LogP contribution in [0.4, 0.5) is 0 Å². The molecule has 1 unspecified atom stereocenters. The molecule has 0 N–H and O–H groups in total. The van der Waals surface area contributed by atoms with Crippen molar-refractivity contribution in [1.29, 1.82) is 0 Å². The van der Waals surface area contributed by atoms with Crippen molar-refractivity contribution in [3.63, 3.8) is 0 Å². The number of carbonyl (C=O) groups excluding carboxylic acids is 1. The zero-order chi connectivity index (χ0) is 16.1. The third kappa shape index (κ3) is 3.44. The molecule has 118 valence electrons. The number of hydrogen-bond acceptors (Lipinski definition) is 5. The lowest BCUT2D eigenvalue weighted by Crippen LogP contribution is -2.14. The number of carbonyl (C=O) groups is 1. The number of nitrogens with zero attached hydrogens (tertiary/aromatic N) is 2. The largest absolute Gasteiger partial charge is 0.493 e. The molecule has 22 heavy (non-hydrogen) atoms. The number of aryl methyl sites for hydroxylation is 1. The Bertz CT molecular complexity index is 655. The predicted octanol–water partition coefficient (Wildman–Crippen LogP) is 3.28. The summed E-state index contributed by atoms with van der Waals surface area (Å²) in [5.74, 6) is 1.21. The molecular formula is C16H20N2O3S. The van der Waals surface area contributed by atoms with Crippen molar-refractivity contribution in [3.8, 4) is 11.5 Å². The first-order chi connectivity index (χ1) is 10.6. The van der Waals surface area contributed by atoms with Crippen molar-refractivity contribution in [1.82, 2.24) is 9.55 Å². The van der Waals surface area contributed by atoms with Gasteiger partial charge in [0, 0.05) is 24.5 Å². The highest BCUT2D eigenvalue weighted by molar-refractivity contribution is 8.00. The minimum atomic E-state index is -0.231. The summed E-state index contributed by atoms with van der Waals surface area (Å²) in [6, 6.07) is 5.22. The lowest BCUT2D eigenvalue weighted by Gasteiger charge is -2.13. The Morgan fingerprint density at radius 1 is 1.32 bits per heavy atom. The Kier molecular flexibility index (Phi) is 5.49. The molecule has 0 saturated heterocycles. The maximum atomic E-state index is 12.6. The minimum absolute atomic E-state index is 0.0385. The molecule has 0 bridgehead atoms. The molecule has 0 amide bonds. The first-order valence-corrected chi connectivity index (χ1v) is 7.92. The number of ether oxygens (including phenoxy) is 2. The second kappa shape index (κ2) is 7.35. The van der Waals surface area contributed by atoms with Crippen molar-refractivity contribution in [2.45, 2.75) is 30.8 Å². The first kappa shape index (κ1) is 16.4. The molecule has 0 aliphatic heterocycles. The van der Waals surface area contributed by atoms with Crippen LogP contribution in [0.15, 0.2) is 35.7 Å². The second-order valence-electron chi connectivity index (χ2n) is 4.69. The van der Waals surface area contributed by atoms with Gasteiger partial charge < -0.3 is 14.0 Å². The van der Waals surface area contributed by atoms with E-state index < -0.39 is 0 Å². The number of ketones is 1. The molecule has 0 spiro atoms. The molecular weight excluding hydrogens is 300 g/mol. The average molecular weight is 320 g/mol. The van der Waals surface area contributed by atoms with E-state index in [2.05, 4.69) is 4.98 Å². The summed E-state index contributed by atoms with van der Waals surface area (Å²) in [5, 5.41) is 0.620. The molecule has 0 aliphatic rings. The number of Topliss-reactive ketones (excluding diaryl/α,β-unsaturated/α-hetero) is 1. The van der Waals surface area contributed by atoms with Crippen LogP contribution in [0.5, 0.6) is 11.5 Å². The second-order valence-corrected chi connectivity index (χ2v) is 6.00. The highest BCUT2D eigenvalue weighted by Crippen LogP contribution is 2.30. The van der Waals surface area contributed by atoms with Gasteiger partial charge in [0.2, 0.25) is 0 Å². The van der Waals surface area contributed by atoms with Crippen LogP contribution in [0.3, 0.4) is 0 Å². The van der Waals surface area contributed by atoms with Crippen molar-refractivity contribution in [2.24, 2.45) is 0 Å². The fourth-order valence-electron chi connectivity index (χ4n) is 2.09. The van der Waals surface area contributed by atoms with E-state index in [0.29, 0.717) is 17.1 Å². The van der Waals surface area contributed by atoms with Crippen LogP contribution in [-0.2, 0) is 6.54 Å². The molecule has 1 aromatic heterocycles. The van der Waals surface area contributed by atoms with Crippen LogP contribution in [-0.4, -0.2) is 34.8 Å². The number of thioether (sulfide) groups is 1. The van der Waals surface area contributed by atoms with Crippen molar-refractivity contribution >= 4 is 17.5 Å². The van der Waals surface area contributed by atoms with Gasteiger partial charge in [0.15, 0.2) is 22.4 Å². The third-order valence-corrected chi connectivity index (χ3v) is 4.46. The van der Waals surface area contributed by atoms with Crippen LogP contribution in [0, 0.1) is 0 Å². The Hall–Kier alpha value is -1.95. The first-order valence-electron chi connectivity index (χ1n) is 7.04. The minimum Gasteiger partial charge on any atom is -0.493 e. The van der Waals surface area contributed by atoms with Crippen LogP contribution in [0.1, 0.15) is 24.2 Å². The van der Waals surface area contributed by atoms with Crippen molar-refractivity contribution < 1.29 is 14.3 Å². The topological polar surface area (TPSA) is 53.4 Å². The standard InChI is InChI=1S/C16H20N2O3S/c1-5-18-9-8-17-16(18)22-11(2)15(19)12-6-7-13(20-3)14(10-12)21-4/h6-11H,5H2,1-4H3. The number of imidazole rings is 1. The van der Waals surface area contributed by atoms with E-state index in [1.807, 2.05) is 24.6 Å². The summed E-state index contributed by atoms with van der Waals surface area (Å²) < 4.78 is 12.5. The van der Waals surface area contributed by atoms with Crippen molar-refractivity contribution in [3.05, 3.63) is 36.2 Å². The maximum Gasteiger partial charge on any atom is 0.176 e. The molecule has 2 aromatic rings. The number of methoxy groups -OCH3 is 2. The third-order valence-electron chi connectivity index (χ3n) is 3.34. The Morgan fingerprint density at radius 3 is 2.68 bits per heavy atom. The fraction of sp³-hybridized carbons (Fsp3) is 0.375. The van der Waals surface area contributed by atoms with E-state index in [1.165, 1.54) is 11.8 Å². The molecule has 0 fully saturated rings.